The number of rotatable bonds is 6. The molecule has 0 aliphatic carbocycles. The third-order valence-corrected chi connectivity index (χ3v) is 4.10. The molecule has 0 spiro atoms. The number of hydrogen-bond acceptors (Lipinski definition) is 5. The molecule has 23 heavy (non-hydrogen) atoms. The Morgan fingerprint density at radius 1 is 1.22 bits per heavy atom. The Morgan fingerprint density at radius 3 is 2.52 bits per heavy atom. The summed E-state index contributed by atoms with van der Waals surface area (Å²) in [4.78, 5) is 26.1. The third-order valence-electron chi connectivity index (χ3n) is 4.10. The normalized spacial score (nSPS) is 21.4. The Hall–Kier alpha value is -1.88. The van der Waals surface area contributed by atoms with Crippen LogP contribution in [0.15, 0.2) is 30.3 Å². The van der Waals surface area contributed by atoms with Crippen LogP contribution in [0.2, 0.25) is 0 Å². The lowest BCUT2D eigenvalue weighted by molar-refractivity contribution is -0.154. The molecule has 1 saturated heterocycles. The molecule has 0 amide bonds. The standard InChI is InChI=1S/C18H25NO4/c1-13(2)23-18(21)16-10-9-15(11-17(20)22-3)19(16)12-14-7-5-4-6-8-14/h4-8,13,15-16H,9-12H2,1-3H3/t15-,16+/m1/s1. The fraction of sp³-hybridized carbons (Fsp3) is 0.556. The van der Waals surface area contributed by atoms with Crippen LogP contribution >= 0.6 is 0 Å². The van der Waals surface area contributed by atoms with Crippen molar-refractivity contribution in [2.75, 3.05) is 7.11 Å². The molecule has 5 heteroatoms. The molecule has 0 bridgehead atoms. The van der Waals surface area contributed by atoms with Gasteiger partial charge in [0.25, 0.3) is 0 Å². The molecule has 126 valence electrons. The second kappa shape index (κ2) is 8.11. The van der Waals surface area contributed by atoms with Crippen LogP contribution in [0.1, 0.15) is 38.7 Å². The number of hydrogen-bond donors (Lipinski definition) is 0. The van der Waals surface area contributed by atoms with Gasteiger partial charge in [0, 0.05) is 12.6 Å². The second-order valence-electron chi connectivity index (χ2n) is 6.17. The molecule has 0 N–H and O–H groups in total. The monoisotopic (exact) mass is 319 g/mol. The van der Waals surface area contributed by atoms with Crippen molar-refractivity contribution < 1.29 is 19.1 Å². The van der Waals surface area contributed by atoms with Crippen LogP contribution in [-0.2, 0) is 25.6 Å². The van der Waals surface area contributed by atoms with E-state index in [4.69, 9.17) is 9.47 Å². The zero-order chi connectivity index (χ0) is 16.8. The summed E-state index contributed by atoms with van der Waals surface area (Å²) in [6, 6.07) is 9.67. The third kappa shape index (κ3) is 4.79. The predicted molar refractivity (Wildman–Crippen MR) is 86.7 cm³/mol. The largest absolute Gasteiger partial charge is 0.469 e. The van der Waals surface area contributed by atoms with Crippen LogP contribution < -0.4 is 0 Å². The summed E-state index contributed by atoms with van der Waals surface area (Å²) in [5, 5.41) is 0. The topological polar surface area (TPSA) is 55.8 Å². The first-order valence-electron chi connectivity index (χ1n) is 8.08. The van der Waals surface area contributed by atoms with Crippen LogP contribution in [0.3, 0.4) is 0 Å². The first kappa shape index (κ1) is 17.5. The molecule has 1 heterocycles. The molecule has 0 saturated carbocycles. The molecule has 5 nitrogen and oxygen atoms in total. The van der Waals surface area contributed by atoms with E-state index >= 15 is 0 Å². The lowest BCUT2D eigenvalue weighted by atomic mass is 10.1. The van der Waals surface area contributed by atoms with E-state index < -0.39 is 0 Å². The van der Waals surface area contributed by atoms with Crippen LogP contribution in [0, 0.1) is 0 Å². The van der Waals surface area contributed by atoms with E-state index in [1.807, 2.05) is 44.2 Å². The number of nitrogens with zero attached hydrogens (tertiary/aromatic N) is 1. The summed E-state index contributed by atoms with van der Waals surface area (Å²) in [7, 11) is 1.39. The minimum absolute atomic E-state index is 0.00682. The Labute approximate surface area is 137 Å². The van der Waals surface area contributed by atoms with E-state index in [2.05, 4.69) is 4.90 Å². The van der Waals surface area contributed by atoms with Crippen molar-refractivity contribution >= 4 is 11.9 Å². The Kier molecular flexibility index (Phi) is 6.16. The van der Waals surface area contributed by atoms with Crippen molar-refractivity contribution in [3.8, 4) is 0 Å². The van der Waals surface area contributed by atoms with Gasteiger partial charge in [-0.1, -0.05) is 30.3 Å². The minimum Gasteiger partial charge on any atom is -0.469 e. The van der Waals surface area contributed by atoms with Crippen molar-refractivity contribution in [1.82, 2.24) is 4.90 Å². The van der Waals surface area contributed by atoms with Crippen LogP contribution in [0.4, 0.5) is 0 Å². The fourth-order valence-corrected chi connectivity index (χ4v) is 3.03. The van der Waals surface area contributed by atoms with Gasteiger partial charge in [0.15, 0.2) is 0 Å². The molecule has 0 aromatic heterocycles. The van der Waals surface area contributed by atoms with Crippen LogP contribution in [0.25, 0.3) is 0 Å². The number of ether oxygens (including phenoxy) is 2. The number of benzene rings is 1. The maximum atomic E-state index is 12.4. The zero-order valence-corrected chi connectivity index (χ0v) is 14.0. The molecule has 2 atom stereocenters. The van der Waals surface area contributed by atoms with Crippen LogP contribution in [0.5, 0.6) is 0 Å². The van der Waals surface area contributed by atoms with E-state index in [0.29, 0.717) is 19.4 Å². The molecule has 1 aliphatic heterocycles. The highest BCUT2D eigenvalue weighted by molar-refractivity contribution is 5.77. The van der Waals surface area contributed by atoms with E-state index in [-0.39, 0.29) is 30.1 Å². The highest BCUT2D eigenvalue weighted by Gasteiger charge is 2.39. The average Bonchev–Trinajstić information content (AvgIpc) is 2.90. The molecule has 1 fully saturated rings. The molecule has 0 radical (unpaired) electrons. The molecular weight excluding hydrogens is 294 g/mol. The van der Waals surface area contributed by atoms with Gasteiger partial charge in [0.05, 0.1) is 19.6 Å². The van der Waals surface area contributed by atoms with E-state index in [1.165, 1.54) is 7.11 Å². The van der Waals surface area contributed by atoms with Gasteiger partial charge in [-0.05, 0) is 32.3 Å². The van der Waals surface area contributed by atoms with Gasteiger partial charge in [-0.15, -0.1) is 0 Å². The molecule has 0 unspecified atom stereocenters. The average molecular weight is 319 g/mol. The SMILES string of the molecule is COC(=O)C[C@H]1CC[C@@H](C(=O)OC(C)C)N1Cc1ccccc1. The highest BCUT2D eigenvalue weighted by atomic mass is 16.5. The maximum absolute atomic E-state index is 12.4. The van der Waals surface area contributed by atoms with Gasteiger partial charge >= 0.3 is 11.9 Å². The number of carbonyl (C=O) groups is 2. The number of likely N-dealkylation sites (tertiary alicyclic amines) is 1. The summed E-state index contributed by atoms with van der Waals surface area (Å²) in [6.07, 6.45) is 1.66. The lowest BCUT2D eigenvalue weighted by Gasteiger charge is -2.29. The van der Waals surface area contributed by atoms with Crippen molar-refractivity contribution in [2.45, 2.75) is 57.8 Å². The molecule has 1 aliphatic rings. The quantitative estimate of drug-likeness (QED) is 0.754. The lowest BCUT2D eigenvalue weighted by Crippen LogP contribution is -2.42. The molecular formula is C18H25NO4. The van der Waals surface area contributed by atoms with E-state index in [1.54, 1.807) is 0 Å². The number of methoxy groups -OCH3 is 1. The first-order chi connectivity index (χ1) is 11.0. The Bertz CT molecular complexity index is 529. The molecule has 2 rings (SSSR count). The van der Waals surface area contributed by atoms with Crippen LogP contribution in [-0.4, -0.2) is 42.1 Å². The van der Waals surface area contributed by atoms with Crippen molar-refractivity contribution in [3.05, 3.63) is 35.9 Å². The summed E-state index contributed by atoms with van der Waals surface area (Å²) >= 11 is 0. The number of esters is 2. The first-order valence-corrected chi connectivity index (χ1v) is 8.08. The Morgan fingerprint density at radius 2 is 1.91 bits per heavy atom. The van der Waals surface area contributed by atoms with Gasteiger partial charge in [-0.2, -0.15) is 0 Å². The van der Waals surface area contributed by atoms with E-state index in [9.17, 15) is 9.59 Å². The summed E-state index contributed by atoms with van der Waals surface area (Å²) in [5.74, 6) is -0.450. The highest BCUT2D eigenvalue weighted by Crippen LogP contribution is 2.29. The van der Waals surface area contributed by atoms with Crippen molar-refractivity contribution in [1.29, 1.82) is 0 Å². The van der Waals surface area contributed by atoms with E-state index in [0.717, 1.165) is 12.0 Å². The van der Waals surface area contributed by atoms with Gasteiger partial charge < -0.3 is 9.47 Å². The van der Waals surface area contributed by atoms with Gasteiger partial charge in [-0.3, -0.25) is 14.5 Å². The number of carbonyl (C=O) groups excluding carboxylic acids is 2. The fourth-order valence-electron chi connectivity index (χ4n) is 3.03. The van der Waals surface area contributed by atoms with Crippen molar-refractivity contribution in [3.63, 3.8) is 0 Å². The smallest absolute Gasteiger partial charge is 0.323 e. The van der Waals surface area contributed by atoms with Gasteiger partial charge in [0.2, 0.25) is 0 Å². The summed E-state index contributed by atoms with van der Waals surface area (Å²) in [5.41, 5.74) is 1.12. The zero-order valence-electron chi connectivity index (χ0n) is 14.0. The molecule has 1 aromatic carbocycles. The van der Waals surface area contributed by atoms with Gasteiger partial charge in [0.1, 0.15) is 6.04 Å². The van der Waals surface area contributed by atoms with Crippen molar-refractivity contribution in [2.24, 2.45) is 0 Å². The predicted octanol–water partition coefficient (Wildman–Crippen LogP) is 2.53. The minimum atomic E-state index is -0.299. The second-order valence-corrected chi connectivity index (χ2v) is 6.17. The molecule has 1 aromatic rings. The van der Waals surface area contributed by atoms with Gasteiger partial charge in [-0.25, -0.2) is 0 Å². The Balaban J connectivity index is 2.14. The summed E-state index contributed by atoms with van der Waals surface area (Å²) in [6.45, 7) is 4.32. The summed E-state index contributed by atoms with van der Waals surface area (Å²) < 4.78 is 10.2. The maximum Gasteiger partial charge on any atom is 0.323 e.